The van der Waals surface area contributed by atoms with Crippen LogP contribution in [0.2, 0.25) is 0 Å². The van der Waals surface area contributed by atoms with Crippen molar-refractivity contribution in [3.8, 4) is 0 Å². The fraction of sp³-hybridized carbons (Fsp3) is 0. The second kappa shape index (κ2) is 20.2. The molecule has 0 bridgehead atoms. The zero-order valence-corrected chi connectivity index (χ0v) is 9.09. The first kappa shape index (κ1) is 38.0. The van der Waals surface area contributed by atoms with Crippen LogP contribution in [-0.2, 0) is 0 Å². The molecule has 0 heterocycles. The van der Waals surface area contributed by atoms with E-state index in [2.05, 4.69) is 0 Å². The Kier molecular flexibility index (Phi) is 191. The second-order valence-corrected chi connectivity index (χ2v) is 0. The second-order valence-electron chi connectivity index (χ2n) is 0. The van der Waals surface area contributed by atoms with Crippen LogP contribution >= 0.6 is 0 Å². The molecule has 0 atom stereocenters. The van der Waals surface area contributed by atoms with Crippen LogP contribution in [0.15, 0.2) is 0 Å². The molecule has 0 saturated carbocycles. The van der Waals surface area contributed by atoms with E-state index in [9.17, 15) is 0 Å². The molecule has 0 amide bonds. The Morgan fingerprint density at radius 1 is 0.750 bits per heavy atom. The van der Waals surface area contributed by atoms with Crippen LogP contribution in [0.5, 0.6) is 0 Å². The largest absolute Gasteiger partial charge is 2.00 e. The molecule has 0 fully saturated rings. The summed E-state index contributed by atoms with van der Waals surface area (Å²) >= 11 is 0. The van der Waals surface area contributed by atoms with Gasteiger partial charge in [-0.2, -0.15) is 0 Å². The van der Waals surface area contributed by atoms with E-state index in [0.717, 1.165) is 0 Å². The Labute approximate surface area is 69.8 Å². The van der Waals surface area contributed by atoms with Gasteiger partial charge in [-0.25, -0.2) is 0 Å². The first-order chi connectivity index (χ1) is 0. The maximum absolute atomic E-state index is 0. The molecule has 2 N–H and O–H groups in total. The minimum Gasteiger partial charge on any atom is -1.00 e. The molecule has 0 radical (unpaired) electrons. The van der Waals surface area contributed by atoms with Gasteiger partial charge >= 0.3 is 31.1 Å². The number of hydrogen-bond acceptors (Lipinski definition) is 0. The van der Waals surface area contributed by atoms with Gasteiger partial charge in [0.15, 0.2) is 0 Å². The van der Waals surface area contributed by atoms with Crippen molar-refractivity contribution >= 4 is 0 Å². The molecule has 0 aromatic rings. The Balaban J connectivity index is 0. The summed E-state index contributed by atoms with van der Waals surface area (Å²) in [5.74, 6) is 0. The number of halogens is 2. The summed E-state index contributed by atoms with van der Waals surface area (Å²) in [7, 11) is 0. The number of hydrogen-bond donors (Lipinski definition) is 0. The molecule has 0 aromatic carbocycles. The third-order valence-electron chi connectivity index (χ3n) is 0. The Morgan fingerprint density at radius 2 is 0.750 bits per heavy atom. The van der Waals surface area contributed by atoms with Crippen LogP contribution in [0, 0.1) is 31.1 Å². The van der Waals surface area contributed by atoms with Crippen molar-refractivity contribution in [1.82, 2.24) is 0 Å². The van der Waals surface area contributed by atoms with Crippen molar-refractivity contribution in [2.24, 2.45) is 0 Å². The zero-order chi connectivity index (χ0) is 0. The van der Waals surface area contributed by atoms with E-state index in [0.29, 0.717) is 0 Å². The van der Waals surface area contributed by atoms with Crippen molar-refractivity contribution in [2.75, 3.05) is 0 Å². The molecule has 0 aliphatic rings. The quantitative estimate of drug-likeness (QED) is 0.377. The van der Waals surface area contributed by atoms with Gasteiger partial charge in [-0.15, -0.1) is 0 Å². The van der Waals surface area contributed by atoms with E-state index < -0.39 is 0 Å². The van der Waals surface area contributed by atoms with Gasteiger partial charge in [-0.05, 0) is 0 Å². The number of rotatable bonds is 0. The summed E-state index contributed by atoms with van der Waals surface area (Å²) in [5, 5.41) is 0. The Bertz CT molecular complexity index is 6.00. The molecule has 0 aliphatic carbocycles. The predicted octanol–water partition coefficient (Wildman–Crippen LogP) is -6.82. The first-order valence-electron chi connectivity index (χ1n) is 0. The molecule has 4 heteroatoms. The minimum atomic E-state index is 0. The molecule has 0 spiro atoms. The average molecular weight is 416 g/mol. The maximum atomic E-state index is 0. The first-order valence-corrected chi connectivity index (χ1v) is 0. The summed E-state index contributed by atoms with van der Waals surface area (Å²) in [4.78, 5) is 0. The van der Waals surface area contributed by atoms with Crippen LogP contribution in [0.4, 0.5) is 0 Å². The molecular formula is H2Br2OU. The molecule has 26 valence electrons. The standard InChI is InChI=1S/2BrH.H2O.U/h2*1H;1H2;/q;;;+2/p-2. The van der Waals surface area contributed by atoms with Crippen molar-refractivity contribution < 1.29 is 70.6 Å². The third-order valence-corrected chi connectivity index (χ3v) is 0. The van der Waals surface area contributed by atoms with Crippen LogP contribution in [0.3, 0.4) is 0 Å². The summed E-state index contributed by atoms with van der Waals surface area (Å²) in [6, 6.07) is 0. The summed E-state index contributed by atoms with van der Waals surface area (Å²) in [6.07, 6.45) is 0. The topological polar surface area (TPSA) is 31.5 Å². The van der Waals surface area contributed by atoms with E-state index >= 15 is 0 Å². The van der Waals surface area contributed by atoms with E-state index in [1.54, 1.807) is 0 Å². The van der Waals surface area contributed by atoms with Crippen molar-refractivity contribution in [1.29, 1.82) is 0 Å². The van der Waals surface area contributed by atoms with Gasteiger partial charge in [-0.1, -0.05) is 0 Å². The molecule has 0 aromatic heterocycles. The normalized spacial score (nSPS) is 0. The fourth-order valence-corrected chi connectivity index (χ4v) is 0. The van der Waals surface area contributed by atoms with Crippen LogP contribution < -0.4 is 34.0 Å². The van der Waals surface area contributed by atoms with Crippen LogP contribution in [-0.4, -0.2) is 5.48 Å². The van der Waals surface area contributed by atoms with Gasteiger partial charge in [0.05, 0.1) is 0 Å². The predicted molar refractivity (Wildman–Crippen MR) is 3.61 cm³/mol. The molecule has 4 heavy (non-hydrogen) atoms. The van der Waals surface area contributed by atoms with E-state index in [-0.39, 0.29) is 70.6 Å². The van der Waals surface area contributed by atoms with Crippen LogP contribution in [0.25, 0.3) is 0 Å². The van der Waals surface area contributed by atoms with Gasteiger partial charge in [0.1, 0.15) is 0 Å². The maximum Gasteiger partial charge on any atom is 2.00 e. The molecule has 1 nitrogen and oxygen atoms in total. The summed E-state index contributed by atoms with van der Waals surface area (Å²) < 4.78 is 0. The minimum absolute atomic E-state index is 0. The van der Waals surface area contributed by atoms with Crippen molar-refractivity contribution in [2.45, 2.75) is 0 Å². The molecule has 0 saturated heterocycles. The summed E-state index contributed by atoms with van der Waals surface area (Å²) in [6.45, 7) is 0. The van der Waals surface area contributed by atoms with E-state index in [4.69, 9.17) is 0 Å². The van der Waals surface area contributed by atoms with Gasteiger partial charge in [0, 0.05) is 0 Å². The molecular weight excluding hydrogens is 414 g/mol. The van der Waals surface area contributed by atoms with Gasteiger partial charge in [0.2, 0.25) is 0 Å². The monoisotopic (exact) mass is 414 g/mol. The van der Waals surface area contributed by atoms with Gasteiger partial charge < -0.3 is 39.4 Å². The molecule has 0 aliphatic heterocycles. The third kappa shape index (κ3) is 9.02. The molecule has 0 unspecified atom stereocenters. The van der Waals surface area contributed by atoms with E-state index in [1.807, 2.05) is 0 Å². The van der Waals surface area contributed by atoms with Crippen molar-refractivity contribution in [3.63, 3.8) is 0 Å². The van der Waals surface area contributed by atoms with Crippen molar-refractivity contribution in [3.05, 3.63) is 0 Å². The summed E-state index contributed by atoms with van der Waals surface area (Å²) in [5.41, 5.74) is 0. The fourth-order valence-electron chi connectivity index (χ4n) is 0. The van der Waals surface area contributed by atoms with Crippen LogP contribution in [0.1, 0.15) is 0 Å². The van der Waals surface area contributed by atoms with E-state index in [1.165, 1.54) is 0 Å². The average Bonchev–Trinajstić information content (AvgIpc) is 0. The smallest absolute Gasteiger partial charge is 1.00 e. The SMILES string of the molecule is O.[Br-].[Br-].[U+2]. The zero-order valence-electron chi connectivity index (χ0n) is 1.76. The van der Waals surface area contributed by atoms with Gasteiger partial charge in [-0.3, -0.25) is 0 Å². The Morgan fingerprint density at radius 3 is 0.750 bits per heavy atom. The molecule has 0 rings (SSSR count). The van der Waals surface area contributed by atoms with Gasteiger partial charge in [0.25, 0.3) is 0 Å². The Hall–Kier alpha value is 1.97.